The molecule has 6 nitrogen and oxygen atoms in total. The Morgan fingerprint density at radius 3 is 2.30 bits per heavy atom. The number of benzene rings is 1. The summed E-state index contributed by atoms with van der Waals surface area (Å²) in [5.74, 6) is -1.20. The predicted octanol–water partition coefficient (Wildman–Crippen LogP) is 2.65. The molecule has 27 heavy (non-hydrogen) atoms. The van der Waals surface area contributed by atoms with Gasteiger partial charge in [0.25, 0.3) is 0 Å². The van der Waals surface area contributed by atoms with E-state index < -0.39 is 27.3 Å². The Bertz CT molecular complexity index is 720. The topological polar surface area (TPSA) is 75.7 Å². The van der Waals surface area contributed by atoms with Gasteiger partial charge in [0.15, 0.2) is 0 Å². The first-order chi connectivity index (χ1) is 12.1. The third kappa shape index (κ3) is 6.54. The first-order valence-corrected chi connectivity index (χ1v) is 9.62. The van der Waals surface area contributed by atoms with E-state index in [9.17, 15) is 26.4 Å². The Morgan fingerprint density at radius 1 is 1.22 bits per heavy atom. The molecule has 1 N–H and O–H groups in total. The van der Waals surface area contributed by atoms with Crippen LogP contribution in [-0.4, -0.2) is 50.9 Å². The average Bonchev–Trinajstić information content (AvgIpc) is 3.07. The number of halogens is 4. The highest BCUT2D eigenvalue weighted by Gasteiger charge is 2.48. The second kappa shape index (κ2) is 9.61. The van der Waals surface area contributed by atoms with Gasteiger partial charge in [-0.25, -0.2) is 0 Å². The molecule has 1 amide bonds. The first-order valence-electron chi connectivity index (χ1n) is 8.21. The third-order valence-electron chi connectivity index (χ3n) is 4.19. The van der Waals surface area contributed by atoms with E-state index in [-0.39, 0.29) is 18.3 Å². The molecule has 1 aliphatic heterocycles. The molecular formula is C16H22ClF3N2O4S. The fourth-order valence-corrected chi connectivity index (χ4v) is 3.09. The lowest BCUT2D eigenvalue weighted by molar-refractivity contribution is -0.122. The molecular weight excluding hydrogens is 409 g/mol. The Hall–Kier alpha value is -1.52. The van der Waals surface area contributed by atoms with Crippen molar-refractivity contribution >= 4 is 28.4 Å². The molecule has 1 aromatic rings. The van der Waals surface area contributed by atoms with Crippen molar-refractivity contribution in [3.8, 4) is 5.75 Å². The van der Waals surface area contributed by atoms with Crippen molar-refractivity contribution < 1.29 is 30.6 Å². The monoisotopic (exact) mass is 430 g/mol. The van der Waals surface area contributed by atoms with Crippen LogP contribution >= 0.6 is 12.4 Å². The van der Waals surface area contributed by atoms with Gasteiger partial charge in [-0.2, -0.15) is 21.6 Å². The Balaban J connectivity index is 0.00000364. The molecule has 1 aliphatic rings. The highest BCUT2D eigenvalue weighted by molar-refractivity contribution is 7.88. The molecule has 1 aromatic carbocycles. The van der Waals surface area contributed by atoms with Crippen LogP contribution in [0.15, 0.2) is 24.3 Å². The van der Waals surface area contributed by atoms with Crippen LogP contribution in [0.2, 0.25) is 0 Å². The highest BCUT2D eigenvalue weighted by atomic mass is 35.5. The molecule has 2 rings (SSSR count). The fourth-order valence-electron chi connectivity index (χ4n) is 2.63. The van der Waals surface area contributed by atoms with E-state index in [1.165, 1.54) is 25.0 Å². The normalized spacial score (nSPS) is 16.4. The van der Waals surface area contributed by atoms with Gasteiger partial charge in [0.05, 0.1) is 5.92 Å². The molecule has 1 atom stereocenters. The van der Waals surface area contributed by atoms with Crippen molar-refractivity contribution in [3.63, 3.8) is 0 Å². The van der Waals surface area contributed by atoms with Crippen molar-refractivity contribution in [3.05, 3.63) is 29.8 Å². The molecule has 1 fully saturated rings. The minimum atomic E-state index is -5.70. The van der Waals surface area contributed by atoms with E-state index in [0.717, 1.165) is 31.8 Å². The summed E-state index contributed by atoms with van der Waals surface area (Å²) in [6, 6.07) is 4.91. The third-order valence-corrected chi connectivity index (χ3v) is 5.17. The quantitative estimate of drug-likeness (QED) is 0.531. The second-order valence-corrected chi connectivity index (χ2v) is 7.65. The Morgan fingerprint density at radius 2 is 1.78 bits per heavy atom. The number of carbonyl (C=O) groups excluding carboxylic acids is 1. The van der Waals surface area contributed by atoms with Crippen LogP contribution in [0.5, 0.6) is 5.75 Å². The number of likely N-dealkylation sites (tertiary alicyclic amines) is 1. The number of amides is 1. The second-order valence-electron chi connectivity index (χ2n) is 6.11. The highest BCUT2D eigenvalue weighted by Crippen LogP contribution is 2.27. The van der Waals surface area contributed by atoms with Gasteiger partial charge in [-0.15, -0.1) is 12.4 Å². The van der Waals surface area contributed by atoms with Crippen LogP contribution in [-0.2, 0) is 14.9 Å². The predicted molar refractivity (Wildman–Crippen MR) is 96.4 cm³/mol. The summed E-state index contributed by atoms with van der Waals surface area (Å²) < 4.78 is 62.8. The average molecular weight is 431 g/mol. The zero-order chi connectivity index (χ0) is 19.4. The minimum absolute atomic E-state index is 0. The van der Waals surface area contributed by atoms with Gasteiger partial charge in [-0.1, -0.05) is 12.1 Å². The van der Waals surface area contributed by atoms with Crippen molar-refractivity contribution in [1.29, 1.82) is 0 Å². The molecule has 1 heterocycles. The van der Waals surface area contributed by atoms with Crippen LogP contribution < -0.4 is 9.50 Å². The number of hydrogen-bond donors (Lipinski definition) is 1. The SMILES string of the molecule is C[C@@H](C(=O)NCCN1CCCC1)c1ccc(OS(=O)(=O)C(F)(F)F)cc1.Cl. The smallest absolute Gasteiger partial charge is 0.376 e. The fraction of sp³-hybridized carbons (Fsp3) is 0.562. The number of carbonyl (C=O) groups is 1. The molecule has 154 valence electrons. The number of rotatable bonds is 7. The summed E-state index contributed by atoms with van der Waals surface area (Å²) >= 11 is 0. The lowest BCUT2D eigenvalue weighted by atomic mass is 10.0. The number of nitrogens with zero attached hydrogens (tertiary/aromatic N) is 1. The van der Waals surface area contributed by atoms with Gasteiger partial charge in [-0.05, 0) is 50.6 Å². The van der Waals surface area contributed by atoms with Crippen LogP contribution in [0, 0.1) is 0 Å². The molecule has 1 saturated heterocycles. The van der Waals surface area contributed by atoms with Gasteiger partial charge < -0.3 is 14.4 Å². The minimum Gasteiger partial charge on any atom is -0.376 e. The first kappa shape index (κ1) is 23.5. The van der Waals surface area contributed by atoms with Crippen LogP contribution in [0.4, 0.5) is 13.2 Å². The van der Waals surface area contributed by atoms with E-state index in [4.69, 9.17) is 0 Å². The summed E-state index contributed by atoms with van der Waals surface area (Å²) in [5.41, 5.74) is -4.95. The summed E-state index contributed by atoms with van der Waals surface area (Å²) in [5, 5.41) is 2.82. The molecule has 11 heteroatoms. The lowest BCUT2D eigenvalue weighted by Gasteiger charge is -2.17. The standard InChI is InChI=1S/C16H21F3N2O4S.ClH/c1-12(15(22)20-8-11-21-9-2-3-10-21)13-4-6-14(7-5-13)25-26(23,24)16(17,18)19;/h4-7,12H,2-3,8-11H2,1H3,(H,20,22);1H/t12-;/m1./s1. The molecule has 0 bridgehead atoms. The summed E-state index contributed by atoms with van der Waals surface area (Å²) in [4.78, 5) is 14.4. The van der Waals surface area contributed by atoms with Crippen LogP contribution in [0.1, 0.15) is 31.2 Å². The van der Waals surface area contributed by atoms with Crippen molar-refractivity contribution in [2.75, 3.05) is 26.2 Å². The number of alkyl halides is 3. The van der Waals surface area contributed by atoms with E-state index >= 15 is 0 Å². The molecule has 0 aliphatic carbocycles. The van der Waals surface area contributed by atoms with Gasteiger partial charge in [0.2, 0.25) is 5.91 Å². The Kier molecular flexibility index (Phi) is 8.37. The maximum absolute atomic E-state index is 12.3. The lowest BCUT2D eigenvalue weighted by Crippen LogP contribution is -2.35. The van der Waals surface area contributed by atoms with E-state index in [1.54, 1.807) is 6.92 Å². The summed E-state index contributed by atoms with van der Waals surface area (Å²) in [7, 11) is -5.70. The Labute approximate surface area is 162 Å². The summed E-state index contributed by atoms with van der Waals surface area (Å²) in [6.07, 6.45) is 2.34. The van der Waals surface area contributed by atoms with Gasteiger partial charge in [0, 0.05) is 13.1 Å². The largest absolute Gasteiger partial charge is 0.534 e. The van der Waals surface area contributed by atoms with Crippen LogP contribution in [0.25, 0.3) is 0 Å². The van der Waals surface area contributed by atoms with E-state index in [1.807, 2.05) is 0 Å². The van der Waals surface area contributed by atoms with Gasteiger partial charge in [-0.3, -0.25) is 4.79 Å². The zero-order valence-electron chi connectivity index (χ0n) is 14.7. The number of nitrogens with one attached hydrogen (secondary N) is 1. The zero-order valence-corrected chi connectivity index (χ0v) is 16.3. The van der Waals surface area contributed by atoms with Crippen LogP contribution in [0.3, 0.4) is 0 Å². The maximum Gasteiger partial charge on any atom is 0.534 e. The number of hydrogen-bond acceptors (Lipinski definition) is 5. The molecule has 0 radical (unpaired) electrons. The van der Waals surface area contributed by atoms with E-state index in [0.29, 0.717) is 12.1 Å². The van der Waals surface area contributed by atoms with Gasteiger partial charge in [0.1, 0.15) is 5.75 Å². The van der Waals surface area contributed by atoms with Crippen molar-refractivity contribution in [1.82, 2.24) is 10.2 Å². The summed E-state index contributed by atoms with van der Waals surface area (Å²) in [6.45, 7) is 5.03. The van der Waals surface area contributed by atoms with E-state index in [2.05, 4.69) is 14.4 Å². The molecule has 0 unspecified atom stereocenters. The molecule has 0 aromatic heterocycles. The van der Waals surface area contributed by atoms with Gasteiger partial charge >= 0.3 is 15.6 Å². The van der Waals surface area contributed by atoms with Crippen molar-refractivity contribution in [2.45, 2.75) is 31.2 Å². The molecule has 0 saturated carbocycles. The molecule has 0 spiro atoms. The maximum atomic E-state index is 12.3. The van der Waals surface area contributed by atoms with Crippen molar-refractivity contribution in [2.24, 2.45) is 0 Å².